The summed E-state index contributed by atoms with van der Waals surface area (Å²) in [6.07, 6.45) is 4.52. The van der Waals surface area contributed by atoms with Gasteiger partial charge in [0.05, 0.1) is 27.2 Å². The first-order chi connectivity index (χ1) is 13.1. The molecule has 8 nitrogen and oxygen atoms in total. The van der Waals surface area contributed by atoms with Crippen LogP contribution in [0.4, 0.5) is 17.5 Å². The molecule has 0 bridgehead atoms. The highest BCUT2D eigenvalue weighted by Crippen LogP contribution is 2.31. The van der Waals surface area contributed by atoms with E-state index in [-0.39, 0.29) is 0 Å². The number of hydrogen-bond donors (Lipinski definition) is 2. The molecule has 0 radical (unpaired) electrons. The Hall–Kier alpha value is -3.41. The highest BCUT2D eigenvalue weighted by Gasteiger charge is 2.16. The Labute approximate surface area is 163 Å². The number of nitrogens with two attached hydrogens (primary N) is 1. The van der Waals surface area contributed by atoms with Crippen LogP contribution in [0.5, 0.6) is 0 Å². The van der Waals surface area contributed by atoms with Crippen LogP contribution >= 0.6 is 23.2 Å². The van der Waals surface area contributed by atoms with Crippen LogP contribution in [0.25, 0.3) is 16.6 Å². The van der Waals surface area contributed by atoms with Gasteiger partial charge in [-0.15, -0.1) is 0 Å². The van der Waals surface area contributed by atoms with E-state index < -0.39 is 0 Å². The smallest absolute Gasteiger partial charge is 0.142 e. The van der Waals surface area contributed by atoms with Gasteiger partial charge >= 0.3 is 0 Å². The third-order valence-electron chi connectivity index (χ3n) is 3.77. The quantitative estimate of drug-likeness (QED) is 0.541. The Kier molecular flexibility index (Phi) is 4.24. The number of rotatable bonds is 3. The van der Waals surface area contributed by atoms with E-state index in [1.807, 2.05) is 0 Å². The molecule has 3 N–H and O–H groups in total. The fraction of sp³-hybridized carbons (Fsp3) is 0. The lowest BCUT2D eigenvalue weighted by Crippen LogP contribution is -1.99. The van der Waals surface area contributed by atoms with E-state index >= 15 is 0 Å². The van der Waals surface area contributed by atoms with Crippen molar-refractivity contribution in [1.82, 2.24) is 24.7 Å². The lowest BCUT2D eigenvalue weighted by Gasteiger charge is -2.06. The molecule has 0 aliphatic carbocycles. The highest BCUT2D eigenvalue weighted by atomic mass is 35.5. The molecule has 3 aromatic heterocycles. The molecule has 0 aliphatic heterocycles. The van der Waals surface area contributed by atoms with Gasteiger partial charge in [-0.2, -0.15) is 10.4 Å². The fourth-order valence-electron chi connectivity index (χ4n) is 2.59. The number of nitrogens with zero attached hydrogens (tertiary/aromatic N) is 6. The van der Waals surface area contributed by atoms with Gasteiger partial charge in [0.15, 0.2) is 0 Å². The number of aromatic nitrogens is 5. The first-order valence-electron chi connectivity index (χ1n) is 7.64. The molecule has 4 rings (SSSR count). The van der Waals surface area contributed by atoms with E-state index in [1.165, 1.54) is 17.2 Å². The summed E-state index contributed by atoms with van der Waals surface area (Å²) in [5, 5.41) is 18.3. The molecular formula is C17H10Cl2N8. The molecule has 0 saturated carbocycles. The molecule has 132 valence electrons. The van der Waals surface area contributed by atoms with E-state index in [0.717, 1.165) is 0 Å². The minimum Gasteiger partial charge on any atom is -0.384 e. The van der Waals surface area contributed by atoms with Crippen molar-refractivity contribution in [2.75, 3.05) is 11.1 Å². The van der Waals surface area contributed by atoms with Crippen LogP contribution in [-0.4, -0.2) is 24.7 Å². The van der Waals surface area contributed by atoms with Crippen molar-refractivity contribution in [3.63, 3.8) is 0 Å². The summed E-state index contributed by atoms with van der Waals surface area (Å²) in [7, 11) is 0. The maximum absolute atomic E-state index is 9.38. The second-order valence-electron chi connectivity index (χ2n) is 5.49. The minimum absolute atomic E-state index is 0.322. The van der Waals surface area contributed by atoms with Crippen LogP contribution in [0.15, 0.2) is 43.0 Å². The van der Waals surface area contributed by atoms with E-state index in [2.05, 4.69) is 31.4 Å². The van der Waals surface area contributed by atoms with Gasteiger partial charge in [-0.25, -0.2) is 19.6 Å². The first kappa shape index (κ1) is 17.0. The maximum Gasteiger partial charge on any atom is 0.142 e. The molecule has 0 atom stereocenters. The van der Waals surface area contributed by atoms with Crippen LogP contribution in [0.2, 0.25) is 10.0 Å². The van der Waals surface area contributed by atoms with E-state index in [0.29, 0.717) is 49.7 Å². The van der Waals surface area contributed by atoms with Crippen LogP contribution in [0.3, 0.4) is 0 Å². The number of hydrogen-bond acceptors (Lipinski definition) is 7. The summed E-state index contributed by atoms with van der Waals surface area (Å²) < 4.78 is 1.51. The molecule has 0 aliphatic rings. The molecule has 0 fully saturated rings. The Morgan fingerprint density at radius 3 is 2.78 bits per heavy atom. The Morgan fingerprint density at radius 2 is 2.00 bits per heavy atom. The number of nitriles is 1. The summed E-state index contributed by atoms with van der Waals surface area (Å²) in [5.74, 6) is 1.27. The lowest BCUT2D eigenvalue weighted by atomic mass is 10.2. The highest BCUT2D eigenvalue weighted by molar-refractivity contribution is 6.35. The predicted molar refractivity (Wildman–Crippen MR) is 103 cm³/mol. The first-order valence-corrected chi connectivity index (χ1v) is 8.40. The number of nitrogen functional groups attached to an aromatic ring is 1. The zero-order valence-electron chi connectivity index (χ0n) is 13.6. The predicted octanol–water partition coefficient (Wildman–Crippen LogP) is 3.71. The molecule has 10 heteroatoms. The molecule has 3 heterocycles. The monoisotopic (exact) mass is 396 g/mol. The number of halogens is 2. The average Bonchev–Trinajstić information content (AvgIpc) is 3.10. The van der Waals surface area contributed by atoms with E-state index in [9.17, 15) is 5.26 Å². The summed E-state index contributed by atoms with van der Waals surface area (Å²) in [4.78, 5) is 12.3. The molecule has 4 aromatic rings. The van der Waals surface area contributed by atoms with Crippen molar-refractivity contribution in [2.24, 2.45) is 0 Å². The molecule has 0 saturated heterocycles. The van der Waals surface area contributed by atoms with E-state index in [4.69, 9.17) is 28.9 Å². The SMILES string of the molecule is N#Cc1cccc(Cl)c1-n1cc2c(Nc3cc(N)ncn3)ncc(Cl)c2n1. The van der Waals surface area contributed by atoms with Crippen LogP contribution in [0, 0.1) is 11.3 Å². The van der Waals surface area contributed by atoms with Gasteiger partial charge in [-0.1, -0.05) is 29.3 Å². The van der Waals surface area contributed by atoms with Crippen LogP contribution in [-0.2, 0) is 0 Å². The number of para-hydroxylation sites is 1. The number of nitrogens with one attached hydrogen (secondary N) is 1. The third-order valence-corrected chi connectivity index (χ3v) is 4.36. The van der Waals surface area contributed by atoms with Gasteiger partial charge in [0.1, 0.15) is 41.1 Å². The standard InChI is InChI=1S/C17H10Cl2N8/c18-11-3-1-2-9(5-20)16(11)27-7-10-15(26-27)12(19)6-22-17(10)25-14-4-13(21)23-8-24-14/h1-4,6-8H,(H3,21,22,23,24,25). The second-order valence-corrected chi connectivity index (χ2v) is 6.31. The number of anilines is 3. The number of benzene rings is 1. The van der Waals surface area contributed by atoms with E-state index in [1.54, 1.807) is 30.5 Å². The van der Waals surface area contributed by atoms with Crippen molar-refractivity contribution < 1.29 is 0 Å². The van der Waals surface area contributed by atoms with Crippen LogP contribution < -0.4 is 11.1 Å². The van der Waals surface area contributed by atoms with Gasteiger partial charge in [0, 0.05) is 12.3 Å². The molecule has 0 unspecified atom stereocenters. The minimum atomic E-state index is 0.322. The van der Waals surface area contributed by atoms with Crippen molar-refractivity contribution in [1.29, 1.82) is 5.26 Å². The maximum atomic E-state index is 9.38. The van der Waals surface area contributed by atoms with Gasteiger partial charge < -0.3 is 11.1 Å². The zero-order chi connectivity index (χ0) is 19.0. The second kappa shape index (κ2) is 6.72. The molecule has 0 amide bonds. The van der Waals surface area contributed by atoms with Crippen molar-refractivity contribution >= 4 is 51.6 Å². The van der Waals surface area contributed by atoms with Gasteiger partial charge in [-0.3, -0.25) is 0 Å². The van der Waals surface area contributed by atoms with Crippen molar-refractivity contribution in [3.8, 4) is 11.8 Å². The molecular weight excluding hydrogens is 387 g/mol. The molecule has 27 heavy (non-hydrogen) atoms. The summed E-state index contributed by atoms with van der Waals surface area (Å²) in [6.45, 7) is 0. The van der Waals surface area contributed by atoms with Crippen molar-refractivity contribution in [3.05, 3.63) is 58.6 Å². The van der Waals surface area contributed by atoms with Gasteiger partial charge in [0.25, 0.3) is 0 Å². The topological polar surface area (TPSA) is 118 Å². The van der Waals surface area contributed by atoms with Crippen molar-refractivity contribution in [2.45, 2.75) is 0 Å². The van der Waals surface area contributed by atoms with Gasteiger partial charge in [-0.05, 0) is 12.1 Å². The Balaban J connectivity index is 1.88. The largest absolute Gasteiger partial charge is 0.384 e. The molecule has 0 spiro atoms. The summed E-state index contributed by atoms with van der Waals surface area (Å²) in [5.41, 5.74) is 7.03. The normalized spacial score (nSPS) is 10.7. The lowest BCUT2D eigenvalue weighted by molar-refractivity contribution is 0.893. The Bertz CT molecular complexity index is 1210. The fourth-order valence-corrected chi connectivity index (χ4v) is 3.04. The number of fused-ring (bicyclic) bond motifs is 1. The zero-order valence-corrected chi connectivity index (χ0v) is 15.1. The molecule has 1 aromatic carbocycles. The third kappa shape index (κ3) is 3.10. The van der Waals surface area contributed by atoms with Gasteiger partial charge in [0.2, 0.25) is 0 Å². The van der Waals surface area contributed by atoms with Crippen LogP contribution in [0.1, 0.15) is 5.56 Å². The summed E-state index contributed by atoms with van der Waals surface area (Å²) >= 11 is 12.6. The average molecular weight is 397 g/mol. The summed E-state index contributed by atoms with van der Waals surface area (Å²) in [6, 6.07) is 8.75. The number of pyridine rings is 1. The Morgan fingerprint density at radius 1 is 1.15 bits per heavy atom.